The Kier molecular flexibility index (Phi) is 6.75. The highest BCUT2D eigenvalue weighted by atomic mass is 32.2. The second kappa shape index (κ2) is 9.27. The molecule has 29 heavy (non-hydrogen) atoms. The van der Waals surface area contributed by atoms with Gasteiger partial charge in [-0.3, -0.25) is 9.10 Å². The number of carbonyl (C=O) groups is 1. The van der Waals surface area contributed by atoms with Crippen LogP contribution in [0.1, 0.15) is 28.8 Å². The van der Waals surface area contributed by atoms with Crippen molar-refractivity contribution in [1.82, 2.24) is 4.90 Å². The average molecular weight is 413 g/mol. The smallest absolute Gasteiger partial charge is 0.253 e. The van der Waals surface area contributed by atoms with Crippen molar-refractivity contribution in [3.8, 4) is 0 Å². The lowest BCUT2D eigenvalue weighted by Gasteiger charge is -2.32. The number of amides is 1. The maximum atomic E-state index is 12.8. The first kappa shape index (κ1) is 21.1. The fourth-order valence-electron chi connectivity index (χ4n) is 3.79. The number of rotatable bonds is 7. The van der Waals surface area contributed by atoms with Gasteiger partial charge in [0.25, 0.3) is 5.91 Å². The topological polar surface area (TPSA) is 57.7 Å². The van der Waals surface area contributed by atoms with Crippen LogP contribution in [0.3, 0.4) is 0 Å². The van der Waals surface area contributed by atoms with Gasteiger partial charge < -0.3 is 4.90 Å². The normalized spacial score (nSPS) is 15.1. The molecule has 0 aliphatic carbocycles. The van der Waals surface area contributed by atoms with Gasteiger partial charge >= 0.3 is 0 Å². The van der Waals surface area contributed by atoms with Gasteiger partial charge in [-0.25, -0.2) is 8.42 Å². The first-order valence-electron chi connectivity index (χ1n) is 9.90. The van der Waals surface area contributed by atoms with Gasteiger partial charge in [-0.05, 0) is 55.0 Å². The largest absolute Gasteiger partial charge is 0.339 e. The minimum absolute atomic E-state index is 0.00402. The molecule has 2 aromatic rings. The molecule has 0 aromatic heterocycles. The van der Waals surface area contributed by atoms with Crippen LogP contribution in [0.25, 0.3) is 0 Å². The van der Waals surface area contributed by atoms with Crippen molar-refractivity contribution >= 4 is 21.6 Å². The van der Waals surface area contributed by atoms with Crippen LogP contribution in [0.4, 0.5) is 5.69 Å². The van der Waals surface area contributed by atoms with Crippen LogP contribution in [-0.4, -0.2) is 45.1 Å². The molecule has 0 unspecified atom stereocenters. The molecule has 0 spiro atoms. The molecule has 1 heterocycles. The van der Waals surface area contributed by atoms with E-state index in [-0.39, 0.29) is 12.5 Å². The Bertz CT molecular complexity index is 932. The summed E-state index contributed by atoms with van der Waals surface area (Å²) >= 11 is 0. The van der Waals surface area contributed by atoms with Crippen molar-refractivity contribution in [2.24, 2.45) is 5.92 Å². The molecular formula is C23H28N2O3S. The highest BCUT2D eigenvalue weighted by Gasteiger charge is 2.24. The summed E-state index contributed by atoms with van der Waals surface area (Å²) < 4.78 is 25.2. The Morgan fingerprint density at radius 2 is 1.72 bits per heavy atom. The molecule has 1 aliphatic heterocycles. The summed E-state index contributed by atoms with van der Waals surface area (Å²) in [6.07, 6.45) is 5.76. The lowest BCUT2D eigenvalue weighted by molar-refractivity contribution is 0.0690. The van der Waals surface area contributed by atoms with Crippen molar-refractivity contribution < 1.29 is 13.2 Å². The van der Waals surface area contributed by atoms with Crippen molar-refractivity contribution in [3.63, 3.8) is 0 Å². The lowest BCUT2D eigenvalue weighted by atomic mass is 9.90. The standard InChI is InChI=1S/C23H28N2O3S/c1-3-15-25(29(2,27)28)22-11-9-21(10-12-22)23(26)24-16-13-20(14-17-24)18-19-7-5-4-6-8-19/h3-12,20H,1,13-18H2,2H3. The van der Waals surface area contributed by atoms with E-state index in [1.165, 1.54) is 9.87 Å². The fourth-order valence-corrected chi connectivity index (χ4v) is 4.67. The molecule has 154 valence electrons. The van der Waals surface area contributed by atoms with Gasteiger partial charge in [0, 0.05) is 18.7 Å². The van der Waals surface area contributed by atoms with E-state index in [0.29, 0.717) is 17.2 Å². The molecule has 1 saturated heterocycles. The maximum Gasteiger partial charge on any atom is 0.253 e. The Morgan fingerprint density at radius 3 is 2.28 bits per heavy atom. The number of sulfonamides is 1. The van der Waals surface area contributed by atoms with Gasteiger partial charge in [0.1, 0.15) is 0 Å². The number of benzene rings is 2. The van der Waals surface area contributed by atoms with Crippen LogP contribution in [0, 0.1) is 5.92 Å². The summed E-state index contributed by atoms with van der Waals surface area (Å²) in [5.41, 5.74) is 2.47. The molecule has 3 rings (SSSR count). The third-order valence-corrected chi connectivity index (χ3v) is 6.53. The van der Waals surface area contributed by atoms with E-state index in [2.05, 4.69) is 30.8 Å². The van der Waals surface area contributed by atoms with E-state index >= 15 is 0 Å². The van der Waals surface area contributed by atoms with Crippen molar-refractivity contribution in [1.29, 1.82) is 0 Å². The summed E-state index contributed by atoms with van der Waals surface area (Å²) in [4.78, 5) is 14.7. The lowest BCUT2D eigenvalue weighted by Crippen LogP contribution is -2.39. The van der Waals surface area contributed by atoms with Crippen LogP contribution in [0.5, 0.6) is 0 Å². The Hall–Kier alpha value is -2.60. The second-order valence-corrected chi connectivity index (χ2v) is 9.46. The predicted molar refractivity (Wildman–Crippen MR) is 118 cm³/mol. The molecule has 1 amide bonds. The maximum absolute atomic E-state index is 12.8. The third kappa shape index (κ3) is 5.48. The molecule has 0 saturated carbocycles. The van der Waals surface area contributed by atoms with Crippen molar-refractivity contribution in [2.75, 3.05) is 30.2 Å². The fraction of sp³-hybridized carbons (Fsp3) is 0.348. The average Bonchev–Trinajstić information content (AvgIpc) is 2.72. The quantitative estimate of drug-likeness (QED) is 0.651. The summed E-state index contributed by atoms with van der Waals surface area (Å²) in [6, 6.07) is 17.2. The number of piperidine rings is 1. The van der Waals surface area contributed by atoms with Crippen molar-refractivity contribution in [3.05, 3.63) is 78.4 Å². The monoisotopic (exact) mass is 412 g/mol. The molecule has 6 heteroatoms. The number of hydrogen-bond acceptors (Lipinski definition) is 3. The van der Waals surface area contributed by atoms with Gasteiger partial charge in [0.2, 0.25) is 10.0 Å². The van der Waals surface area contributed by atoms with E-state index in [1.807, 2.05) is 11.0 Å². The van der Waals surface area contributed by atoms with E-state index in [9.17, 15) is 13.2 Å². The number of nitrogens with zero attached hydrogens (tertiary/aromatic N) is 2. The van der Waals surface area contributed by atoms with Gasteiger partial charge in [0.15, 0.2) is 0 Å². The zero-order valence-electron chi connectivity index (χ0n) is 16.8. The minimum Gasteiger partial charge on any atom is -0.339 e. The van der Waals surface area contributed by atoms with Crippen LogP contribution in [0.15, 0.2) is 67.3 Å². The predicted octanol–water partition coefficient (Wildman–Crippen LogP) is 3.73. The molecule has 0 atom stereocenters. The molecule has 1 aliphatic rings. The summed E-state index contributed by atoms with van der Waals surface area (Å²) in [6.45, 7) is 5.32. The number of likely N-dealkylation sites (tertiary alicyclic amines) is 1. The molecule has 0 radical (unpaired) electrons. The summed E-state index contributed by atoms with van der Waals surface area (Å²) in [7, 11) is -3.40. The summed E-state index contributed by atoms with van der Waals surface area (Å²) in [5, 5.41) is 0. The minimum atomic E-state index is -3.40. The van der Waals surface area contributed by atoms with Gasteiger partial charge in [-0.1, -0.05) is 36.4 Å². The molecule has 1 fully saturated rings. The summed E-state index contributed by atoms with van der Waals surface area (Å²) in [5.74, 6) is 0.607. The van der Waals surface area contributed by atoms with Gasteiger partial charge in [0.05, 0.1) is 18.5 Å². The van der Waals surface area contributed by atoms with E-state index in [0.717, 1.165) is 38.6 Å². The molecule has 0 N–H and O–H groups in total. The second-order valence-electron chi connectivity index (χ2n) is 7.55. The van der Waals surface area contributed by atoms with Crippen LogP contribution < -0.4 is 4.31 Å². The molecule has 5 nitrogen and oxygen atoms in total. The number of carbonyl (C=O) groups excluding carboxylic acids is 1. The van der Waals surface area contributed by atoms with E-state index in [4.69, 9.17) is 0 Å². The number of hydrogen-bond donors (Lipinski definition) is 0. The Morgan fingerprint density at radius 1 is 1.10 bits per heavy atom. The third-order valence-electron chi connectivity index (χ3n) is 5.37. The first-order chi connectivity index (χ1) is 13.9. The Balaban J connectivity index is 1.60. The highest BCUT2D eigenvalue weighted by molar-refractivity contribution is 7.92. The van der Waals surface area contributed by atoms with E-state index < -0.39 is 10.0 Å². The zero-order chi connectivity index (χ0) is 20.9. The highest BCUT2D eigenvalue weighted by Crippen LogP contribution is 2.24. The molecule has 2 aromatic carbocycles. The number of anilines is 1. The van der Waals surface area contributed by atoms with E-state index in [1.54, 1.807) is 30.3 Å². The van der Waals surface area contributed by atoms with Crippen LogP contribution in [-0.2, 0) is 16.4 Å². The zero-order valence-corrected chi connectivity index (χ0v) is 17.6. The SMILES string of the molecule is C=CCN(c1ccc(C(=O)N2CCC(Cc3ccccc3)CC2)cc1)S(C)(=O)=O. The van der Waals surface area contributed by atoms with Crippen LogP contribution in [0.2, 0.25) is 0 Å². The van der Waals surface area contributed by atoms with Gasteiger partial charge in [-0.2, -0.15) is 0 Å². The first-order valence-corrected chi connectivity index (χ1v) is 11.7. The van der Waals surface area contributed by atoms with Gasteiger partial charge in [-0.15, -0.1) is 6.58 Å². The van der Waals surface area contributed by atoms with Crippen LogP contribution >= 0.6 is 0 Å². The van der Waals surface area contributed by atoms with Crippen molar-refractivity contribution in [2.45, 2.75) is 19.3 Å². The molecule has 0 bridgehead atoms. The molecular weight excluding hydrogens is 384 g/mol. The Labute approximate surface area is 173 Å².